The third kappa shape index (κ3) is 3.46. The fraction of sp³-hybridized carbons (Fsp3) is 0.733. The van der Waals surface area contributed by atoms with Crippen LogP contribution in [0.25, 0.3) is 0 Å². The van der Waals surface area contributed by atoms with Gasteiger partial charge >= 0.3 is 0 Å². The maximum Gasteiger partial charge on any atom is 0.147 e. The van der Waals surface area contributed by atoms with Gasteiger partial charge in [-0.2, -0.15) is 0 Å². The third-order valence-electron chi connectivity index (χ3n) is 4.33. The molecule has 1 unspecified atom stereocenters. The minimum atomic E-state index is 0.551. The van der Waals surface area contributed by atoms with Gasteiger partial charge in [-0.05, 0) is 39.3 Å². The number of piperidine rings is 1. The van der Waals surface area contributed by atoms with Crippen LogP contribution in [-0.4, -0.2) is 54.1 Å². The van der Waals surface area contributed by atoms with Gasteiger partial charge in [-0.3, -0.25) is 4.98 Å². The molecular weight excluding hydrogens is 250 g/mol. The molecule has 1 aliphatic heterocycles. The molecule has 0 radical (unpaired) electrons. The number of rotatable bonds is 5. The lowest BCUT2D eigenvalue weighted by Gasteiger charge is -2.36. The van der Waals surface area contributed by atoms with Gasteiger partial charge in [0.05, 0.1) is 11.9 Å². The molecule has 0 aromatic carbocycles. The Hall–Kier alpha value is -1.20. The second-order valence-corrected chi connectivity index (χ2v) is 6.19. The van der Waals surface area contributed by atoms with Crippen molar-refractivity contribution in [1.29, 1.82) is 0 Å². The van der Waals surface area contributed by atoms with Gasteiger partial charge in [0.1, 0.15) is 5.82 Å². The smallest absolute Gasteiger partial charge is 0.147 e. The van der Waals surface area contributed by atoms with E-state index >= 15 is 0 Å². The molecule has 1 N–H and O–H groups in total. The Morgan fingerprint density at radius 1 is 1.35 bits per heavy atom. The van der Waals surface area contributed by atoms with Gasteiger partial charge in [-0.15, -0.1) is 0 Å². The van der Waals surface area contributed by atoms with Crippen LogP contribution in [0.5, 0.6) is 0 Å². The summed E-state index contributed by atoms with van der Waals surface area (Å²) >= 11 is 0. The number of nitrogens with one attached hydrogen (secondary N) is 1. The van der Waals surface area contributed by atoms with Gasteiger partial charge in [0.2, 0.25) is 0 Å². The highest BCUT2D eigenvalue weighted by Gasteiger charge is 2.23. The molecule has 2 heterocycles. The van der Waals surface area contributed by atoms with E-state index in [9.17, 15) is 0 Å². The molecule has 1 saturated carbocycles. The van der Waals surface area contributed by atoms with E-state index < -0.39 is 0 Å². The van der Waals surface area contributed by atoms with Gasteiger partial charge in [0.15, 0.2) is 0 Å². The Morgan fingerprint density at radius 2 is 2.20 bits per heavy atom. The molecule has 2 fully saturated rings. The summed E-state index contributed by atoms with van der Waals surface area (Å²) in [4.78, 5) is 13.8. The summed E-state index contributed by atoms with van der Waals surface area (Å²) in [5, 5.41) is 3.50. The summed E-state index contributed by atoms with van der Waals surface area (Å²) in [5.41, 5.74) is 1.05. The lowest BCUT2D eigenvalue weighted by atomic mass is 10.1. The van der Waals surface area contributed by atoms with Crippen LogP contribution < -0.4 is 10.2 Å². The van der Waals surface area contributed by atoms with Gasteiger partial charge in [0.25, 0.3) is 0 Å². The zero-order valence-electron chi connectivity index (χ0n) is 12.5. The molecular formula is C15H25N5. The first-order chi connectivity index (χ1) is 9.72. The molecule has 2 aliphatic rings. The summed E-state index contributed by atoms with van der Waals surface area (Å²) < 4.78 is 0. The Balaban J connectivity index is 1.63. The van der Waals surface area contributed by atoms with Crippen molar-refractivity contribution in [1.82, 2.24) is 20.2 Å². The lowest BCUT2D eigenvalue weighted by Crippen LogP contribution is -2.45. The minimum absolute atomic E-state index is 0.551. The van der Waals surface area contributed by atoms with Crippen molar-refractivity contribution in [2.75, 3.05) is 32.1 Å². The first kappa shape index (κ1) is 13.8. The van der Waals surface area contributed by atoms with Crippen molar-refractivity contribution in [2.24, 2.45) is 0 Å². The van der Waals surface area contributed by atoms with Gasteiger partial charge in [-0.1, -0.05) is 0 Å². The molecule has 1 aromatic rings. The van der Waals surface area contributed by atoms with Gasteiger partial charge in [0, 0.05) is 38.4 Å². The van der Waals surface area contributed by atoms with E-state index in [0.717, 1.165) is 24.6 Å². The first-order valence-electron chi connectivity index (χ1n) is 7.68. The molecule has 1 atom stereocenters. The van der Waals surface area contributed by atoms with E-state index in [1.54, 1.807) is 0 Å². The molecule has 0 spiro atoms. The van der Waals surface area contributed by atoms with Gasteiger partial charge in [-0.25, -0.2) is 4.98 Å². The number of hydrogen-bond acceptors (Lipinski definition) is 5. The van der Waals surface area contributed by atoms with Gasteiger partial charge < -0.3 is 15.1 Å². The monoisotopic (exact) mass is 275 g/mol. The van der Waals surface area contributed by atoms with Crippen LogP contribution in [0.4, 0.5) is 5.82 Å². The van der Waals surface area contributed by atoms with Crippen molar-refractivity contribution < 1.29 is 0 Å². The van der Waals surface area contributed by atoms with Crippen LogP contribution in [0.2, 0.25) is 0 Å². The van der Waals surface area contributed by atoms with Crippen LogP contribution in [-0.2, 0) is 6.54 Å². The Bertz CT molecular complexity index is 446. The maximum atomic E-state index is 4.76. The number of likely N-dealkylation sites (tertiary alicyclic amines) is 1. The highest BCUT2D eigenvalue weighted by molar-refractivity contribution is 5.37. The fourth-order valence-corrected chi connectivity index (χ4v) is 2.83. The SMILES string of the molecule is CN1CCCC(N(C)c2cncc(CNC3CC3)n2)C1. The molecule has 1 aliphatic carbocycles. The number of hydrogen-bond donors (Lipinski definition) is 1. The zero-order chi connectivity index (χ0) is 13.9. The Labute approximate surface area is 121 Å². The standard InChI is InChI=1S/C15H25N5/c1-19-7-3-4-14(11-19)20(2)15-10-16-8-13(18-15)9-17-12-5-6-12/h8,10,12,14,17H,3-7,9,11H2,1-2H3. The van der Waals surface area contributed by atoms with E-state index in [1.807, 2.05) is 12.4 Å². The van der Waals surface area contributed by atoms with Crippen molar-refractivity contribution in [3.05, 3.63) is 18.1 Å². The highest BCUT2D eigenvalue weighted by Crippen LogP contribution is 2.20. The summed E-state index contributed by atoms with van der Waals surface area (Å²) in [6, 6.07) is 1.26. The van der Waals surface area contributed by atoms with Crippen LogP contribution >= 0.6 is 0 Å². The third-order valence-corrected chi connectivity index (χ3v) is 4.33. The molecule has 1 saturated heterocycles. The summed E-state index contributed by atoms with van der Waals surface area (Å²) in [7, 11) is 4.34. The topological polar surface area (TPSA) is 44.3 Å². The maximum absolute atomic E-state index is 4.76. The molecule has 0 amide bonds. The van der Waals surface area contributed by atoms with Crippen molar-refractivity contribution in [2.45, 2.75) is 44.3 Å². The molecule has 5 heteroatoms. The number of likely N-dealkylation sites (N-methyl/N-ethyl adjacent to an activating group) is 2. The Morgan fingerprint density at radius 3 is 2.95 bits per heavy atom. The predicted octanol–water partition coefficient (Wildman–Crippen LogP) is 1.26. The van der Waals surface area contributed by atoms with Crippen LogP contribution in [0.1, 0.15) is 31.4 Å². The summed E-state index contributed by atoms with van der Waals surface area (Å²) in [5.74, 6) is 1.00. The lowest BCUT2D eigenvalue weighted by molar-refractivity contribution is 0.247. The minimum Gasteiger partial charge on any atom is -0.354 e. The quantitative estimate of drug-likeness (QED) is 0.876. The van der Waals surface area contributed by atoms with E-state index in [1.165, 1.54) is 32.2 Å². The van der Waals surface area contributed by atoms with E-state index in [0.29, 0.717) is 12.1 Å². The molecule has 3 rings (SSSR count). The van der Waals surface area contributed by atoms with Crippen LogP contribution in [0.3, 0.4) is 0 Å². The van der Waals surface area contributed by atoms with E-state index in [-0.39, 0.29) is 0 Å². The molecule has 1 aromatic heterocycles. The second kappa shape index (κ2) is 6.06. The molecule has 110 valence electrons. The molecule has 5 nitrogen and oxygen atoms in total. The number of anilines is 1. The van der Waals surface area contributed by atoms with Crippen molar-refractivity contribution in [3.8, 4) is 0 Å². The average molecular weight is 275 g/mol. The largest absolute Gasteiger partial charge is 0.354 e. The zero-order valence-corrected chi connectivity index (χ0v) is 12.5. The second-order valence-electron chi connectivity index (χ2n) is 6.19. The summed E-state index contributed by atoms with van der Waals surface area (Å²) in [6.45, 7) is 3.16. The normalized spacial score (nSPS) is 23.8. The number of nitrogens with zero attached hydrogens (tertiary/aromatic N) is 4. The van der Waals surface area contributed by atoms with Crippen molar-refractivity contribution >= 4 is 5.82 Å². The fourth-order valence-electron chi connectivity index (χ4n) is 2.83. The Kier molecular flexibility index (Phi) is 4.17. The first-order valence-corrected chi connectivity index (χ1v) is 7.68. The van der Waals surface area contributed by atoms with E-state index in [4.69, 9.17) is 4.98 Å². The highest BCUT2D eigenvalue weighted by atomic mass is 15.2. The number of aromatic nitrogens is 2. The van der Waals surface area contributed by atoms with E-state index in [2.05, 4.69) is 34.2 Å². The summed E-state index contributed by atoms with van der Waals surface area (Å²) in [6.07, 6.45) is 8.88. The molecule has 0 bridgehead atoms. The predicted molar refractivity (Wildman–Crippen MR) is 80.8 cm³/mol. The average Bonchev–Trinajstić information content (AvgIpc) is 3.29. The van der Waals surface area contributed by atoms with Crippen LogP contribution in [0.15, 0.2) is 12.4 Å². The molecule has 20 heavy (non-hydrogen) atoms. The van der Waals surface area contributed by atoms with Crippen LogP contribution in [0, 0.1) is 0 Å². The van der Waals surface area contributed by atoms with Crippen molar-refractivity contribution in [3.63, 3.8) is 0 Å².